The van der Waals surface area contributed by atoms with E-state index in [-0.39, 0.29) is 5.57 Å². The Kier molecular flexibility index (Phi) is 5.28. The third-order valence-corrected chi connectivity index (χ3v) is 4.68. The Labute approximate surface area is 156 Å². The molecule has 0 bridgehead atoms. The highest BCUT2D eigenvalue weighted by atomic mass is 35.5. The number of anilines is 1. The fraction of sp³-hybridized carbons (Fsp3) is 0.200. The van der Waals surface area contributed by atoms with Crippen LogP contribution in [0.5, 0.6) is 5.75 Å². The third kappa shape index (κ3) is 3.73. The van der Waals surface area contributed by atoms with Crippen LogP contribution in [0.15, 0.2) is 53.6 Å². The average Bonchev–Trinajstić information content (AvgIpc) is 3.13. The van der Waals surface area contributed by atoms with Crippen LogP contribution >= 0.6 is 11.6 Å². The zero-order valence-electron chi connectivity index (χ0n) is 14.2. The molecule has 0 radical (unpaired) electrons. The van der Waals surface area contributed by atoms with Gasteiger partial charge in [0.1, 0.15) is 5.75 Å². The average molecular weight is 372 g/mol. The molecule has 2 aromatic rings. The van der Waals surface area contributed by atoms with Crippen LogP contribution < -0.4 is 10.1 Å². The number of methoxy groups -OCH3 is 1. The van der Waals surface area contributed by atoms with Gasteiger partial charge < -0.3 is 15.2 Å². The quantitative estimate of drug-likeness (QED) is 0.810. The van der Waals surface area contributed by atoms with Gasteiger partial charge >= 0.3 is 5.97 Å². The summed E-state index contributed by atoms with van der Waals surface area (Å²) in [5.41, 5.74) is 2.79. The topological polar surface area (TPSA) is 75.6 Å². The monoisotopic (exact) mass is 371 g/mol. The number of carboxylic acid groups (broad SMARTS) is 1. The Morgan fingerprint density at radius 3 is 2.50 bits per heavy atom. The summed E-state index contributed by atoms with van der Waals surface area (Å²) in [7, 11) is 1.60. The van der Waals surface area contributed by atoms with Gasteiger partial charge in [0.05, 0.1) is 17.8 Å². The molecule has 0 heterocycles. The molecule has 0 aliphatic heterocycles. The Morgan fingerprint density at radius 2 is 1.81 bits per heavy atom. The normalized spacial score (nSPS) is 13.6. The largest absolute Gasteiger partial charge is 0.497 e. The van der Waals surface area contributed by atoms with Gasteiger partial charge in [-0.2, -0.15) is 0 Å². The van der Waals surface area contributed by atoms with E-state index in [1.54, 1.807) is 19.2 Å². The first-order chi connectivity index (χ1) is 12.5. The number of nitrogens with one attached hydrogen (secondary N) is 1. The van der Waals surface area contributed by atoms with Gasteiger partial charge in [0.25, 0.3) is 5.91 Å². The lowest BCUT2D eigenvalue weighted by molar-refractivity contribution is -0.133. The van der Waals surface area contributed by atoms with E-state index >= 15 is 0 Å². The molecule has 2 N–H and O–H groups in total. The highest BCUT2D eigenvalue weighted by Gasteiger charge is 2.25. The molecule has 0 aromatic heterocycles. The molecule has 0 saturated carbocycles. The Hall–Kier alpha value is -2.79. The standard InChI is InChI=1S/C20H18ClNO4/c1-26-14-5-2-4-12(10-14)13-8-9-18(17(21)11-13)22-19(23)15-6-3-7-16(15)20(24)25/h2,4-5,8-11H,3,6-7H2,1H3,(H,22,23)(H,24,25). The number of benzene rings is 2. The zero-order chi connectivity index (χ0) is 18.7. The Bertz CT molecular complexity index is 904. The highest BCUT2D eigenvalue weighted by Crippen LogP contribution is 2.32. The zero-order valence-corrected chi connectivity index (χ0v) is 15.0. The lowest BCUT2D eigenvalue weighted by Crippen LogP contribution is -2.16. The molecule has 134 valence electrons. The van der Waals surface area contributed by atoms with Gasteiger partial charge in [-0.15, -0.1) is 0 Å². The number of ether oxygens (including phenoxy) is 1. The van der Waals surface area contributed by atoms with Crippen molar-refractivity contribution in [2.24, 2.45) is 0 Å². The van der Waals surface area contributed by atoms with Gasteiger partial charge in [-0.05, 0) is 54.7 Å². The third-order valence-electron chi connectivity index (χ3n) is 4.37. The van der Waals surface area contributed by atoms with Crippen molar-refractivity contribution in [3.05, 3.63) is 58.6 Å². The van der Waals surface area contributed by atoms with Gasteiger partial charge in [0.2, 0.25) is 0 Å². The van der Waals surface area contributed by atoms with E-state index in [9.17, 15) is 14.7 Å². The van der Waals surface area contributed by atoms with E-state index in [0.29, 0.717) is 35.5 Å². The Morgan fingerprint density at radius 1 is 1.08 bits per heavy atom. The van der Waals surface area contributed by atoms with Crippen molar-refractivity contribution in [2.75, 3.05) is 12.4 Å². The molecule has 2 aromatic carbocycles. The molecular weight excluding hydrogens is 354 g/mol. The number of aliphatic carboxylic acids is 1. The first kappa shape index (κ1) is 18.0. The van der Waals surface area contributed by atoms with Gasteiger partial charge in [-0.3, -0.25) is 4.79 Å². The number of hydrogen-bond acceptors (Lipinski definition) is 3. The maximum atomic E-state index is 12.4. The summed E-state index contributed by atoms with van der Waals surface area (Å²) < 4.78 is 5.23. The minimum absolute atomic E-state index is 0.187. The first-order valence-corrected chi connectivity index (χ1v) is 8.58. The Balaban J connectivity index is 1.83. The molecule has 0 saturated heterocycles. The van der Waals surface area contributed by atoms with Crippen LogP contribution in [0.2, 0.25) is 5.02 Å². The molecule has 0 spiro atoms. The second-order valence-corrected chi connectivity index (χ2v) is 6.40. The first-order valence-electron chi connectivity index (χ1n) is 8.20. The maximum Gasteiger partial charge on any atom is 0.332 e. The van der Waals surface area contributed by atoms with Crippen LogP contribution in [-0.2, 0) is 9.59 Å². The van der Waals surface area contributed by atoms with Crippen LogP contribution in [0, 0.1) is 0 Å². The number of halogens is 1. The van der Waals surface area contributed by atoms with Crippen LogP contribution in [0.3, 0.4) is 0 Å². The second-order valence-electron chi connectivity index (χ2n) is 6.00. The van der Waals surface area contributed by atoms with Crippen molar-refractivity contribution < 1.29 is 19.4 Å². The summed E-state index contributed by atoms with van der Waals surface area (Å²) in [4.78, 5) is 23.6. The van der Waals surface area contributed by atoms with Gasteiger partial charge in [-0.25, -0.2) is 4.79 Å². The summed E-state index contributed by atoms with van der Waals surface area (Å²) in [6.07, 6.45) is 1.56. The number of carboxylic acids is 1. The number of carbonyl (C=O) groups excluding carboxylic acids is 1. The lowest BCUT2D eigenvalue weighted by atomic mass is 10.0. The van der Waals surface area contributed by atoms with E-state index in [0.717, 1.165) is 16.9 Å². The van der Waals surface area contributed by atoms with Gasteiger partial charge in [-0.1, -0.05) is 29.8 Å². The predicted octanol–water partition coefficient (Wildman–Crippen LogP) is 4.52. The van der Waals surface area contributed by atoms with E-state index in [2.05, 4.69) is 5.32 Å². The molecule has 0 fully saturated rings. The predicted molar refractivity (Wildman–Crippen MR) is 101 cm³/mol. The second kappa shape index (κ2) is 7.62. The summed E-state index contributed by atoms with van der Waals surface area (Å²) >= 11 is 6.32. The summed E-state index contributed by atoms with van der Waals surface area (Å²) in [5.74, 6) is -0.701. The highest BCUT2D eigenvalue weighted by molar-refractivity contribution is 6.34. The fourth-order valence-corrected chi connectivity index (χ4v) is 3.25. The van der Waals surface area contributed by atoms with Crippen molar-refractivity contribution in [1.82, 2.24) is 0 Å². The molecule has 1 aliphatic carbocycles. The fourth-order valence-electron chi connectivity index (χ4n) is 3.03. The minimum atomic E-state index is -1.04. The van der Waals surface area contributed by atoms with E-state index in [4.69, 9.17) is 16.3 Å². The maximum absolute atomic E-state index is 12.4. The number of carbonyl (C=O) groups is 2. The van der Waals surface area contributed by atoms with Gasteiger partial charge in [0, 0.05) is 11.1 Å². The smallest absolute Gasteiger partial charge is 0.332 e. The minimum Gasteiger partial charge on any atom is -0.497 e. The van der Waals surface area contributed by atoms with E-state index < -0.39 is 11.9 Å². The van der Waals surface area contributed by atoms with Crippen molar-refractivity contribution in [3.63, 3.8) is 0 Å². The number of amides is 1. The van der Waals surface area contributed by atoms with Crippen molar-refractivity contribution >= 4 is 29.2 Å². The van der Waals surface area contributed by atoms with Crippen LogP contribution in [0.1, 0.15) is 19.3 Å². The number of hydrogen-bond donors (Lipinski definition) is 2. The lowest BCUT2D eigenvalue weighted by Gasteiger charge is -2.11. The molecule has 1 aliphatic rings. The van der Waals surface area contributed by atoms with Crippen molar-refractivity contribution in [3.8, 4) is 16.9 Å². The van der Waals surface area contributed by atoms with Crippen molar-refractivity contribution in [2.45, 2.75) is 19.3 Å². The van der Waals surface area contributed by atoms with E-state index in [1.807, 2.05) is 30.3 Å². The molecule has 6 heteroatoms. The molecule has 5 nitrogen and oxygen atoms in total. The van der Waals surface area contributed by atoms with E-state index in [1.165, 1.54) is 0 Å². The summed E-state index contributed by atoms with van der Waals surface area (Å²) in [6.45, 7) is 0. The molecule has 0 unspecified atom stereocenters. The molecule has 26 heavy (non-hydrogen) atoms. The van der Waals surface area contributed by atoms with Gasteiger partial charge in [0.15, 0.2) is 0 Å². The van der Waals surface area contributed by atoms with Crippen LogP contribution in [0.25, 0.3) is 11.1 Å². The molecular formula is C20H18ClNO4. The number of rotatable bonds is 5. The molecule has 1 amide bonds. The SMILES string of the molecule is COc1cccc(-c2ccc(NC(=O)C3=C(C(=O)O)CCC3)c(Cl)c2)c1. The van der Waals surface area contributed by atoms with Crippen LogP contribution in [0.4, 0.5) is 5.69 Å². The van der Waals surface area contributed by atoms with Crippen molar-refractivity contribution in [1.29, 1.82) is 0 Å². The molecule has 0 atom stereocenters. The summed E-state index contributed by atoms with van der Waals surface area (Å²) in [5, 5.41) is 12.3. The van der Waals surface area contributed by atoms with Crippen LogP contribution in [-0.4, -0.2) is 24.1 Å². The summed E-state index contributed by atoms with van der Waals surface area (Å²) in [6, 6.07) is 12.9. The molecule has 3 rings (SSSR count).